The molecule has 0 aliphatic heterocycles. The highest BCUT2D eigenvalue weighted by atomic mass is 32.2. The number of rotatable bonds is 3. The fourth-order valence-electron chi connectivity index (χ4n) is 2.85. The van der Waals surface area contributed by atoms with E-state index in [4.69, 9.17) is 5.73 Å². The van der Waals surface area contributed by atoms with Gasteiger partial charge in [0.05, 0.1) is 11.0 Å². The van der Waals surface area contributed by atoms with E-state index in [1.165, 1.54) is 30.3 Å². The number of hydrogen-bond acceptors (Lipinski definition) is 4. The Hall–Kier alpha value is -2.23. The zero-order valence-electron chi connectivity index (χ0n) is 11.5. The molecule has 3 unspecified atom stereocenters. The van der Waals surface area contributed by atoms with Gasteiger partial charge in [0.1, 0.15) is 16.6 Å². The molecule has 1 aliphatic carbocycles. The number of benzene rings is 2. The number of hydrogen-bond donors (Lipinski definition) is 1. The molecule has 3 atom stereocenters. The van der Waals surface area contributed by atoms with Crippen molar-refractivity contribution in [1.82, 2.24) is 0 Å². The van der Waals surface area contributed by atoms with Crippen LogP contribution in [-0.2, 0) is 9.84 Å². The third kappa shape index (κ3) is 2.10. The topological polar surface area (TPSA) is 83.9 Å². The largest absolute Gasteiger partial charge is 0.312 e. The maximum Gasteiger partial charge on any atom is 0.184 e. The van der Waals surface area contributed by atoms with E-state index in [1.54, 1.807) is 24.3 Å². The lowest BCUT2D eigenvalue weighted by Gasteiger charge is -2.04. The van der Waals surface area contributed by atoms with Crippen molar-refractivity contribution in [3.05, 3.63) is 66.0 Å². The van der Waals surface area contributed by atoms with Crippen LogP contribution in [0.2, 0.25) is 0 Å². The molecular formula is C16H13FN2O2S. The summed E-state index contributed by atoms with van der Waals surface area (Å²) in [7, 11) is -3.77. The van der Waals surface area contributed by atoms with Crippen LogP contribution in [0.1, 0.15) is 11.5 Å². The van der Waals surface area contributed by atoms with Gasteiger partial charge in [0.25, 0.3) is 0 Å². The predicted molar refractivity (Wildman–Crippen MR) is 79.1 cm³/mol. The molecule has 22 heavy (non-hydrogen) atoms. The lowest BCUT2D eigenvalue weighted by atomic mass is 10.1. The monoisotopic (exact) mass is 316 g/mol. The summed E-state index contributed by atoms with van der Waals surface area (Å²) >= 11 is 0. The van der Waals surface area contributed by atoms with Gasteiger partial charge >= 0.3 is 0 Å². The van der Waals surface area contributed by atoms with Gasteiger partial charge in [-0.05, 0) is 29.8 Å². The number of nitrogens with two attached hydrogens (primary N) is 1. The van der Waals surface area contributed by atoms with E-state index in [1.807, 2.05) is 6.07 Å². The minimum Gasteiger partial charge on any atom is -0.312 e. The van der Waals surface area contributed by atoms with Crippen LogP contribution >= 0.6 is 0 Å². The van der Waals surface area contributed by atoms with Gasteiger partial charge in [-0.15, -0.1) is 0 Å². The number of nitriles is 1. The lowest BCUT2D eigenvalue weighted by Crippen LogP contribution is -2.29. The van der Waals surface area contributed by atoms with Crippen LogP contribution in [0.4, 0.5) is 4.39 Å². The average Bonchev–Trinajstić information content (AvgIpc) is 3.16. The quantitative estimate of drug-likeness (QED) is 0.938. The molecule has 0 aromatic heterocycles. The first-order chi connectivity index (χ1) is 10.4. The first-order valence-corrected chi connectivity index (χ1v) is 8.20. The molecule has 1 saturated carbocycles. The maximum absolute atomic E-state index is 13.4. The summed E-state index contributed by atoms with van der Waals surface area (Å²) in [4.78, 5) is 0.115. The second-order valence-electron chi connectivity index (χ2n) is 5.36. The van der Waals surface area contributed by atoms with Crippen LogP contribution in [0.3, 0.4) is 0 Å². The van der Waals surface area contributed by atoms with Crippen LogP contribution in [0.25, 0.3) is 0 Å². The van der Waals surface area contributed by atoms with E-state index >= 15 is 0 Å². The first-order valence-electron chi connectivity index (χ1n) is 6.66. The minimum atomic E-state index is -3.77. The molecule has 6 heteroatoms. The van der Waals surface area contributed by atoms with Crippen molar-refractivity contribution in [2.45, 2.75) is 21.6 Å². The molecular weight excluding hydrogens is 303 g/mol. The molecule has 0 bridgehead atoms. The second kappa shape index (κ2) is 4.90. The first kappa shape index (κ1) is 14.7. The molecule has 0 amide bonds. The van der Waals surface area contributed by atoms with Gasteiger partial charge in [-0.25, -0.2) is 12.8 Å². The Bertz CT molecular complexity index is 861. The Morgan fingerprint density at radius 2 is 1.82 bits per heavy atom. The molecule has 3 rings (SSSR count). The normalized spacial score (nSPS) is 27.1. The number of sulfone groups is 1. The zero-order valence-corrected chi connectivity index (χ0v) is 12.3. The lowest BCUT2D eigenvalue weighted by molar-refractivity contribution is 0.591. The summed E-state index contributed by atoms with van der Waals surface area (Å²) in [5.74, 6) is -1.22. The van der Waals surface area contributed by atoms with Crippen molar-refractivity contribution >= 4 is 9.84 Å². The Labute approximate surface area is 127 Å². The average molecular weight is 316 g/mol. The van der Waals surface area contributed by atoms with E-state index in [0.717, 1.165) is 0 Å². The van der Waals surface area contributed by atoms with E-state index < -0.39 is 32.4 Å². The van der Waals surface area contributed by atoms with Crippen LogP contribution in [0, 0.1) is 17.1 Å². The Kier molecular flexibility index (Phi) is 3.28. The molecule has 0 spiro atoms. The Morgan fingerprint density at radius 1 is 1.14 bits per heavy atom. The zero-order chi connectivity index (χ0) is 16.0. The van der Waals surface area contributed by atoms with E-state index in [2.05, 4.69) is 0 Å². The van der Waals surface area contributed by atoms with Gasteiger partial charge in [0, 0.05) is 5.92 Å². The third-order valence-electron chi connectivity index (χ3n) is 3.99. The van der Waals surface area contributed by atoms with E-state index in [9.17, 15) is 18.1 Å². The van der Waals surface area contributed by atoms with Crippen LogP contribution in [-0.4, -0.2) is 19.2 Å². The molecule has 0 saturated heterocycles. The summed E-state index contributed by atoms with van der Waals surface area (Å²) in [5.41, 5.74) is 4.86. The van der Waals surface area contributed by atoms with E-state index in [-0.39, 0.29) is 4.90 Å². The van der Waals surface area contributed by atoms with Gasteiger partial charge in [0.2, 0.25) is 0 Å². The Balaban J connectivity index is 2.06. The van der Waals surface area contributed by atoms with Crippen LogP contribution in [0.15, 0.2) is 59.5 Å². The third-order valence-corrected chi connectivity index (χ3v) is 6.25. The standard InChI is InChI=1S/C16H13FN2O2S/c17-12-6-4-5-11(9-12)14-15(16(14,19)10-18)22(20,21)13-7-2-1-3-8-13/h1-9,14-15H,19H2. The molecule has 0 radical (unpaired) electrons. The smallest absolute Gasteiger partial charge is 0.184 e. The van der Waals surface area contributed by atoms with Crippen molar-refractivity contribution in [2.24, 2.45) is 5.73 Å². The minimum absolute atomic E-state index is 0.115. The molecule has 112 valence electrons. The van der Waals surface area contributed by atoms with Crippen molar-refractivity contribution in [3.8, 4) is 6.07 Å². The van der Waals surface area contributed by atoms with Crippen molar-refractivity contribution in [1.29, 1.82) is 5.26 Å². The predicted octanol–water partition coefficient (Wildman–Crippen LogP) is 1.99. The highest BCUT2D eigenvalue weighted by Crippen LogP contribution is 2.55. The SMILES string of the molecule is N#CC1(N)C(c2cccc(F)c2)C1S(=O)(=O)c1ccccc1. The molecule has 1 aliphatic rings. The summed E-state index contributed by atoms with van der Waals surface area (Å²) in [6.07, 6.45) is 0. The summed E-state index contributed by atoms with van der Waals surface area (Å²) in [6.45, 7) is 0. The number of nitrogens with zero attached hydrogens (tertiary/aromatic N) is 1. The molecule has 1 fully saturated rings. The van der Waals surface area contributed by atoms with Crippen LogP contribution in [0.5, 0.6) is 0 Å². The fraction of sp³-hybridized carbons (Fsp3) is 0.188. The summed E-state index contributed by atoms with van der Waals surface area (Å²) in [6, 6.07) is 15.3. The highest BCUT2D eigenvalue weighted by Gasteiger charge is 2.70. The van der Waals surface area contributed by atoms with Gasteiger partial charge in [-0.1, -0.05) is 30.3 Å². The molecule has 2 aromatic rings. The van der Waals surface area contributed by atoms with Crippen molar-refractivity contribution in [3.63, 3.8) is 0 Å². The molecule has 2 aromatic carbocycles. The van der Waals surface area contributed by atoms with Crippen LogP contribution < -0.4 is 5.73 Å². The van der Waals surface area contributed by atoms with Gasteiger partial charge in [-0.2, -0.15) is 5.26 Å². The maximum atomic E-state index is 13.4. The molecule has 0 heterocycles. The number of halogens is 1. The van der Waals surface area contributed by atoms with E-state index in [0.29, 0.717) is 5.56 Å². The van der Waals surface area contributed by atoms with Gasteiger partial charge in [-0.3, -0.25) is 0 Å². The fourth-order valence-corrected chi connectivity index (χ4v) is 5.06. The second-order valence-corrected chi connectivity index (χ2v) is 7.43. The van der Waals surface area contributed by atoms with Crippen molar-refractivity contribution in [2.75, 3.05) is 0 Å². The van der Waals surface area contributed by atoms with Gasteiger partial charge in [0.15, 0.2) is 9.84 Å². The summed E-state index contributed by atoms with van der Waals surface area (Å²) in [5, 5.41) is 8.24. The Morgan fingerprint density at radius 3 is 2.41 bits per heavy atom. The molecule has 4 nitrogen and oxygen atoms in total. The van der Waals surface area contributed by atoms with Gasteiger partial charge < -0.3 is 5.73 Å². The summed E-state index contributed by atoms with van der Waals surface area (Å²) < 4.78 is 38.8. The highest BCUT2D eigenvalue weighted by molar-refractivity contribution is 7.92. The van der Waals surface area contributed by atoms with Crippen molar-refractivity contribution < 1.29 is 12.8 Å². The molecule has 2 N–H and O–H groups in total.